The van der Waals surface area contributed by atoms with Gasteiger partial charge in [0, 0.05) is 51.0 Å². The first kappa shape index (κ1) is 21.0. The highest BCUT2D eigenvalue weighted by molar-refractivity contribution is 5.76. The van der Waals surface area contributed by atoms with Gasteiger partial charge in [0.05, 0.1) is 25.4 Å². The molecule has 2 saturated heterocycles. The Kier molecular flexibility index (Phi) is 7.15. The predicted octanol–water partition coefficient (Wildman–Crippen LogP) is 2.87. The summed E-state index contributed by atoms with van der Waals surface area (Å²) in [4.78, 5) is 14.9. The molecule has 2 unspecified atom stereocenters. The summed E-state index contributed by atoms with van der Waals surface area (Å²) in [5.41, 5.74) is 0.431. The number of nitrogens with zero attached hydrogens (tertiary/aromatic N) is 1. The Labute approximate surface area is 176 Å². The molecule has 162 valence electrons. The fraction of sp³-hybridized carbons (Fsp3) is 0.522. The molecule has 1 aromatic carbocycles. The van der Waals surface area contributed by atoms with E-state index in [1.54, 1.807) is 30.3 Å². The number of carbonyl (C=O) groups is 1. The van der Waals surface area contributed by atoms with Crippen molar-refractivity contribution in [2.45, 2.75) is 25.3 Å². The van der Waals surface area contributed by atoms with Crippen molar-refractivity contribution in [2.24, 2.45) is 5.92 Å². The lowest BCUT2D eigenvalue weighted by atomic mass is 9.96. The maximum atomic E-state index is 13.9. The number of furan rings is 1. The van der Waals surface area contributed by atoms with Crippen LogP contribution in [0.25, 0.3) is 11.3 Å². The lowest BCUT2D eigenvalue weighted by Crippen LogP contribution is -2.52. The van der Waals surface area contributed by atoms with E-state index in [2.05, 4.69) is 10.2 Å². The van der Waals surface area contributed by atoms with Gasteiger partial charge in [0.15, 0.2) is 0 Å². The van der Waals surface area contributed by atoms with E-state index in [4.69, 9.17) is 13.9 Å². The van der Waals surface area contributed by atoms with Gasteiger partial charge in [-0.3, -0.25) is 9.69 Å². The summed E-state index contributed by atoms with van der Waals surface area (Å²) in [6, 6.07) is 10.3. The van der Waals surface area contributed by atoms with E-state index < -0.39 is 0 Å². The van der Waals surface area contributed by atoms with Crippen LogP contribution in [0.15, 0.2) is 40.8 Å². The van der Waals surface area contributed by atoms with Crippen LogP contribution < -0.4 is 5.32 Å². The number of carbonyl (C=O) groups excluding carboxylic acids is 1. The number of aryl methyl sites for hydroxylation is 1. The molecule has 2 aliphatic heterocycles. The Morgan fingerprint density at radius 2 is 1.97 bits per heavy atom. The van der Waals surface area contributed by atoms with Crippen LogP contribution >= 0.6 is 0 Å². The number of morpholine rings is 1. The number of hydrogen-bond donors (Lipinski definition) is 1. The average molecular weight is 416 g/mol. The van der Waals surface area contributed by atoms with Gasteiger partial charge in [0.1, 0.15) is 17.3 Å². The highest BCUT2D eigenvalue weighted by Gasteiger charge is 2.31. The SMILES string of the molecule is O=C(CCc1ccc(-c2ccccc2F)o1)NCC(C1CCOC1)N1CCOCC1. The van der Waals surface area contributed by atoms with Crippen molar-refractivity contribution < 1.29 is 23.1 Å². The van der Waals surface area contributed by atoms with Crippen molar-refractivity contribution in [3.63, 3.8) is 0 Å². The number of amides is 1. The molecule has 2 aromatic rings. The normalized spacial score (nSPS) is 20.9. The molecular formula is C23H29FN2O4. The van der Waals surface area contributed by atoms with Crippen LogP contribution in [0.4, 0.5) is 4.39 Å². The molecule has 1 amide bonds. The highest BCUT2D eigenvalue weighted by atomic mass is 19.1. The van der Waals surface area contributed by atoms with Gasteiger partial charge in [-0.1, -0.05) is 12.1 Å². The smallest absolute Gasteiger partial charge is 0.220 e. The number of ether oxygens (including phenoxy) is 2. The average Bonchev–Trinajstić information content (AvgIpc) is 3.46. The zero-order valence-electron chi connectivity index (χ0n) is 17.1. The number of hydrogen-bond acceptors (Lipinski definition) is 5. The zero-order valence-corrected chi connectivity index (χ0v) is 17.1. The minimum Gasteiger partial charge on any atom is -0.461 e. The van der Waals surface area contributed by atoms with Crippen molar-refractivity contribution in [2.75, 3.05) is 46.1 Å². The molecule has 7 heteroatoms. The zero-order chi connectivity index (χ0) is 20.8. The number of nitrogens with one attached hydrogen (secondary N) is 1. The minimum atomic E-state index is -0.318. The van der Waals surface area contributed by atoms with E-state index in [0.717, 1.165) is 45.9 Å². The van der Waals surface area contributed by atoms with Crippen LogP contribution in [0.3, 0.4) is 0 Å². The monoisotopic (exact) mass is 416 g/mol. The number of rotatable bonds is 8. The van der Waals surface area contributed by atoms with Gasteiger partial charge in [0.2, 0.25) is 5.91 Å². The van der Waals surface area contributed by atoms with Crippen LogP contribution in [0.1, 0.15) is 18.6 Å². The predicted molar refractivity (Wildman–Crippen MR) is 111 cm³/mol. The first-order valence-corrected chi connectivity index (χ1v) is 10.7. The summed E-state index contributed by atoms with van der Waals surface area (Å²) < 4.78 is 30.7. The van der Waals surface area contributed by atoms with E-state index in [-0.39, 0.29) is 17.8 Å². The minimum absolute atomic E-state index is 0.00369. The fourth-order valence-corrected chi connectivity index (χ4v) is 4.22. The van der Waals surface area contributed by atoms with E-state index >= 15 is 0 Å². The molecule has 0 radical (unpaired) electrons. The molecule has 0 bridgehead atoms. The van der Waals surface area contributed by atoms with Gasteiger partial charge in [-0.15, -0.1) is 0 Å². The molecule has 2 atom stereocenters. The summed E-state index contributed by atoms with van der Waals surface area (Å²) >= 11 is 0. The van der Waals surface area contributed by atoms with Crippen LogP contribution in [-0.2, 0) is 20.7 Å². The maximum Gasteiger partial charge on any atom is 0.220 e. The summed E-state index contributed by atoms with van der Waals surface area (Å²) in [5, 5.41) is 3.10. The molecule has 4 rings (SSSR count). The lowest BCUT2D eigenvalue weighted by Gasteiger charge is -2.37. The van der Waals surface area contributed by atoms with Crippen LogP contribution in [-0.4, -0.2) is 62.9 Å². The molecule has 0 saturated carbocycles. The van der Waals surface area contributed by atoms with Crippen molar-refractivity contribution in [1.29, 1.82) is 0 Å². The Morgan fingerprint density at radius 3 is 2.73 bits per heavy atom. The van der Waals surface area contributed by atoms with Crippen molar-refractivity contribution >= 4 is 5.91 Å². The largest absolute Gasteiger partial charge is 0.461 e. The standard InChI is InChI=1S/C23H29FN2O4/c24-20-4-2-1-3-19(20)22-7-5-18(30-22)6-8-23(27)25-15-21(17-9-12-29-16-17)26-10-13-28-14-11-26/h1-5,7,17,21H,6,8-16H2,(H,25,27). The highest BCUT2D eigenvalue weighted by Crippen LogP contribution is 2.25. The summed E-state index contributed by atoms with van der Waals surface area (Å²) in [7, 11) is 0. The molecule has 6 nitrogen and oxygen atoms in total. The van der Waals surface area contributed by atoms with Crippen LogP contribution in [0.5, 0.6) is 0 Å². The van der Waals surface area contributed by atoms with Gasteiger partial charge in [-0.2, -0.15) is 0 Å². The molecule has 2 fully saturated rings. The van der Waals surface area contributed by atoms with Crippen LogP contribution in [0, 0.1) is 11.7 Å². The number of benzene rings is 1. The van der Waals surface area contributed by atoms with Gasteiger partial charge >= 0.3 is 0 Å². The quantitative estimate of drug-likeness (QED) is 0.717. The molecule has 30 heavy (non-hydrogen) atoms. The molecule has 3 heterocycles. The van der Waals surface area contributed by atoms with Crippen LogP contribution in [0.2, 0.25) is 0 Å². The fourth-order valence-electron chi connectivity index (χ4n) is 4.22. The van der Waals surface area contributed by atoms with E-state index in [1.165, 1.54) is 6.07 Å². The molecule has 0 aliphatic carbocycles. The number of halogens is 1. The Bertz CT molecular complexity index is 828. The summed E-state index contributed by atoms with van der Waals surface area (Å²) in [6.45, 7) is 5.42. The van der Waals surface area contributed by atoms with Crippen molar-refractivity contribution in [3.05, 3.63) is 48.0 Å². The maximum absolute atomic E-state index is 13.9. The second-order valence-electron chi connectivity index (χ2n) is 7.89. The summed E-state index contributed by atoms with van der Waals surface area (Å²) in [6.07, 6.45) is 1.85. The topological polar surface area (TPSA) is 63.9 Å². The Balaban J connectivity index is 1.28. The molecule has 2 aliphatic rings. The second-order valence-corrected chi connectivity index (χ2v) is 7.89. The molecular weight excluding hydrogens is 387 g/mol. The lowest BCUT2D eigenvalue weighted by molar-refractivity contribution is -0.121. The van der Waals surface area contributed by atoms with Gasteiger partial charge in [-0.05, 0) is 30.7 Å². The van der Waals surface area contributed by atoms with Gasteiger partial charge in [-0.25, -0.2) is 4.39 Å². The third kappa shape index (κ3) is 5.28. The first-order valence-electron chi connectivity index (χ1n) is 10.7. The summed E-state index contributed by atoms with van der Waals surface area (Å²) in [5.74, 6) is 1.28. The molecule has 0 spiro atoms. The van der Waals surface area contributed by atoms with Crippen molar-refractivity contribution in [1.82, 2.24) is 10.2 Å². The van der Waals surface area contributed by atoms with Gasteiger partial charge < -0.3 is 19.2 Å². The second kappa shape index (κ2) is 10.2. The molecule has 1 N–H and O–H groups in total. The van der Waals surface area contributed by atoms with E-state index in [1.807, 2.05) is 0 Å². The van der Waals surface area contributed by atoms with E-state index in [9.17, 15) is 9.18 Å². The molecule has 1 aromatic heterocycles. The Morgan fingerprint density at radius 1 is 1.13 bits per heavy atom. The third-order valence-corrected chi connectivity index (χ3v) is 5.93. The van der Waals surface area contributed by atoms with Crippen molar-refractivity contribution in [3.8, 4) is 11.3 Å². The first-order chi connectivity index (χ1) is 14.7. The van der Waals surface area contributed by atoms with Gasteiger partial charge in [0.25, 0.3) is 0 Å². The van der Waals surface area contributed by atoms with E-state index in [0.29, 0.717) is 42.4 Å². The Hall–Kier alpha value is -2.22. The third-order valence-electron chi connectivity index (χ3n) is 5.93.